The number of phenols is 12. The highest BCUT2D eigenvalue weighted by Gasteiger charge is 2.26. The third-order valence-electron chi connectivity index (χ3n) is 21.0. The van der Waals surface area contributed by atoms with Crippen molar-refractivity contribution in [3.8, 4) is 69.0 Å². The summed E-state index contributed by atoms with van der Waals surface area (Å²) in [7, 11) is 0. The Labute approximate surface area is 648 Å². The Balaban J connectivity index is 0.000000144. The van der Waals surface area contributed by atoms with Gasteiger partial charge in [0.1, 0.15) is 69.0 Å². The summed E-state index contributed by atoms with van der Waals surface area (Å²) in [6.45, 7) is 7.97. The summed E-state index contributed by atoms with van der Waals surface area (Å²) in [5.41, 5.74) is 23.6. The van der Waals surface area contributed by atoms with Crippen LogP contribution in [-0.4, -0.2) is 61.3 Å². The molecule has 0 unspecified atom stereocenters. The molecule has 12 aromatic carbocycles. The maximum absolute atomic E-state index is 11.4. The Morgan fingerprint density at radius 1 is 0.176 bits per heavy atom. The summed E-state index contributed by atoms with van der Waals surface area (Å²) in [4.78, 5) is 0. The first-order valence-corrected chi connectivity index (χ1v) is 38.0. The van der Waals surface area contributed by atoms with Gasteiger partial charge < -0.3 is 61.3 Å². The van der Waals surface area contributed by atoms with Gasteiger partial charge in [-0.05, 0) is 183 Å². The second-order valence-corrected chi connectivity index (χ2v) is 30.2. The molecule has 16 heteroatoms. The fraction of sp³-hybridized carbons (Fsp3) is 0.217. The van der Waals surface area contributed by atoms with E-state index in [1.165, 1.54) is 0 Å². The Bertz CT molecular complexity index is 4570. The number of phenolic OH excluding ortho intramolecular Hbond substituents is 12. The van der Waals surface area contributed by atoms with E-state index in [2.05, 4.69) is 0 Å². The van der Waals surface area contributed by atoms with E-state index in [1.54, 1.807) is 0 Å². The Hall–Kier alpha value is -10.6. The number of hydrogen-bond acceptors (Lipinski definition) is 12. The van der Waals surface area contributed by atoms with Crippen molar-refractivity contribution in [3.63, 3.8) is 0 Å². The fourth-order valence-corrected chi connectivity index (χ4v) is 16.3. The molecule has 0 spiro atoms. The quantitative estimate of drug-likeness (QED) is 0.0737. The third-order valence-corrected chi connectivity index (χ3v) is 22.2. The molecule has 12 N–H and O–H groups in total. The van der Waals surface area contributed by atoms with Gasteiger partial charge in [0.05, 0.1) is 0 Å². The first-order valence-electron chi connectivity index (χ1n) is 35.9. The highest BCUT2D eigenvalue weighted by molar-refractivity contribution is 6.18. The van der Waals surface area contributed by atoms with Crippen LogP contribution in [-0.2, 0) is 101 Å². The Kier molecular flexibility index (Phi) is 22.5. The first kappa shape index (κ1) is 75.6. The SMILES string of the molecule is Cc1cc2c(O)c(c1)Cc1cc(C)cc(c1O)Cc1cc(C)cc(c1O)Cc1cc(C)cc(c1O)C2.Oc1c2cc(CCl)cc1Cc1cc(CCl)cc(c1O)Cc1cc(CCl)cc(c1O)Cc1cc(CCl)cc(c1O)C2.Oc1c2cccc1Cc1cccc(c1O)Cc1cccc(c1O)Cc1cccc(c1O)C2. The lowest BCUT2D eigenvalue weighted by molar-refractivity contribution is 0.448. The van der Waals surface area contributed by atoms with Gasteiger partial charge >= 0.3 is 0 Å². The van der Waals surface area contributed by atoms with Crippen LogP contribution >= 0.6 is 46.4 Å². The molecule has 12 aromatic rings. The lowest BCUT2D eigenvalue weighted by atomic mass is 9.89. The van der Waals surface area contributed by atoms with Crippen molar-refractivity contribution in [2.45, 2.75) is 128 Å². The average molecular weight is 1520 g/mol. The van der Waals surface area contributed by atoms with Crippen molar-refractivity contribution in [1.82, 2.24) is 0 Å². The maximum Gasteiger partial charge on any atom is 0.122 e. The summed E-state index contributed by atoms with van der Waals surface area (Å²) in [5.74, 6) is 2.70. The normalized spacial score (nSPS) is 13.0. The lowest BCUT2D eigenvalue weighted by Gasteiger charge is -2.19. The Morgan fingerprint density at radius 3 is 0.398 bits per heavy atom. The molecule has 0 atom stereocenters. The standard InChI is InChI=1S/C32H28Cl4O4.C32H32O4.C28H24O4/c33-13-17-1-21-9-23-3-18(14-34)4-25(30(23)38)11-26-7-20(16-36)8-28(32(26)40)12-27-6-19(15-35)5-24(31(27)39)10-22(2-17)29(21)37;1-17-5-21-13-23-7-18(2)9-25(30(23)34)15-27-11-20(4)12-28(32(27)36)16-26-10-19(3)8-24(31(26)35)14-22(6-17)29(21)33;29-25-17-5-1-6-18(25)14-20-8-3-10-22(27(20)31)16-24-12-4-11-23(28(24)32)15-21-9-2-7-19(13-17)26(21)30/h1-8,37-40H,9-16H2;5-12,33-36H,13-16H2,1-4H3;1-12,29-32H,13-16H2. The summed E-state index contributed by atoms with van der Waals surface area (Å²) in [5, 5.41) is 134. The second kappa shape index (κ2) is 32.1. The number of aryl methyl sites for hydroxylation is 4. The number of hydrogen-bond donors (Lipinski definition) is 12. The smallest absolute Gasteiger partial charge is 0.122 e. The molecule has 3 aliphatic carbocycles. The summed E-state index contributed by atoms with van der Waals surface area (Å²) < 4.78 is 0. The zero-order valence-corrected chi connectivity index (χ0v) is 63.4. The molecule has 552 valence electrons. The predicted molar refractivity (Wildman–Crippen MR) is 428 cm³/mol. The van der Waals surface area contributed by atoms with Gasteiger partial charge in [0.15, 0.2) is 0 Å². The van der Waals surface area contributed by atoms with Crippen LogP contribution in [0.3, 0.4) is 0 Å². The van der Waals surface area contributed by atoms with Crippen LogP contribution in [0.4, 0.5) is 0 Å². The molecule has 12 nitrogen and oxygen atoms in total. The number of fused-ring (bicyclic) bond motifs is 24. The van der Waals surface area contributed by atoms with E-state index in [-0.39, 0.29) is 118 Å². The van der Waals surface area contributed by atoms with E-state index in [4.69, 9.17) is 46.4 Å². The number of para-hydroxylation sites is 4. The number of benzene rings is 12. The Morgan fingerprint density at radius 2 is 0.278 bits per heavy atom. The highest BCUT2D eigenvalue weighted by Crippen LogP contribution is 2.44. The van der Waals surface area contributed by atoms with E-state index in [0.717, 1.165) is 89.0 Å². The van der Waals surface area contributed by atoms with Crippen LogP contribution in [0.15, 0.2) is 170 Å². The van der Waals surface area contributed by atoms with Gasteiger partial charge in [-0.15, -0.1) is 46.4 Å². The molecule has 108 heavy (non-hydrogen) atoms. The predicted octanol–water partition coefficient (Wildman–Crippen LogP) is 19.7. The van der Waals surface area contributed by atoms with Crippen molar-refractivity contribution < 1.29 is 61.3 Å². The van der Waals surface area contributed by atoms with E-state index in [9.17, 15) is 61.3 Å². The molecular formula is C92H84Cl4O12. The van der Waals surface area contributed by atoms with Crippen LogP contribution in [0.25, 0.3) is 0 Å². The van der Waals surface area contributed by atoms with E-state index in [0.29, 0.717) is 140 Å². The van der Waals surface area contributed by atoms with Crippen molar-refractivity contribution in [3.05, 3.63) is 348 Å². The largest absolute Gasteiger partial charge is 0.507 e. The number of halogens is 4. The minimum atomic E-state index is 0.0741. The van der Waals surface area contributed by atoms with Gasteiger partial charge in [0.2, 0.25) is 0 Å². The molecule has 24 bridgehead atoms. The van der Waals surface area contributed by atoms with Crippen LogP contribution in [0.1, 0.15) is 178 Å². The average Bonchev–Trinajstić information content (AvgIpc) is 0.811. The molecule has 15 rings (SSSR count). The van der Waals surface area contributed by atoms with E-state index >= 15 is 0 Å². The number of aromatic hydroxyl groups is 12. The summed E-state index contributed by atoms with van der Waals surface area (Å²) in [6, 6.07) is 52.5. The lowest BCUT2D eigenvalue weighted by Crippen LogP contribution is -2.03. The molecule has 0 amide bonds. The summed E-state index contributed by atoms with van der Waals surface area (Å²) >= 11 is 24.9. The van der Waals surface area contributed by atoms with Gasteiger partial charge in [0, 0.05) is 101 Å². The molecule has 0 fully saturated rings. The summed E-state index contributed by atoms with van der Waals surface area (Å²) in [6.07, 6.45) is 3.89. The van der Waals surface area contributed by atoms with Gasteiger partial charge in [-0.1, -0.05) is 192 Å². The topological polar surface area (TPSA) is 243 Å². The minimum Gasteiger partial charge on any atom is -0.507 e. The van der Waals surface area contributed by atoms with Crippen LogP contribution in [0.5, 0.6) is 69.0 Å². The van der Waals surface area contributed by atoms with E-state index in [1.807, 2.05) is 198 Å². The van der Waals surface area contributed by atoms with Crippen LogP contribution < -0.4 is 0 Å². The third kappa shape index (κ3) is 16.2. The van der Waals surface area contributed by atoms with Crippen molar-refractivity contribution >= 4 is 46.4 Å². The van der Waals surface area contributed by atoms with Crippen molar-refractivity contribution in [2.24, 2.45) is 0 Å². The molecular weight excluding hydrogens is 1440 g/mol. The molecule has 0 radical (unpaired) electrons. The van der Waals surface area contributed by atoms with Crippen LogP contribution in [0.2, 0.25) is 0 Å². The number of rotatable bonds is 4. The van der Waals surface area contributed by atoms with Gasteiger partial charge in [-0.2, -0.15) is 0 Å². The molecule has 3 aliphatic rings. The van der Waals surface area contributed by atoms with E-state index < -0.39 is 0 Å². The first-order chi connectivity index (χ1) is 51.8. The van der Waals surface area contributed by atoms with Gasteiger partial charge in [-0.3, -0.25) is 0 Å². The maximum atomic E-state index is 11.4. The molecule has 0 heterocycles. The highest BCUT2D eigenvalue weighted by atomic mass is 35.5. The molecule has 0 saturated heterocycles. The zero-order valence-electron chi connectivity index (χ0n) is 60.4. The monoisotopic (exact) mass is 1520 g/mol. The molecule has 0 aromatic heterocycles. The second-order valence-electron chi connectivity index (χ2n) is 29.1. The molecule has 0 saturated carbocycles. The fourth-order valence-electron chi connectivity index (χ4n) is 15.7. The van der Waals surface area contributed by atoms with Crippen molar-refractivity contribution in [2.75, 3.05) is 0 Å². The minimum absolute atomic E-state index is 0.0741. The van der Waals surface area contributed by atoms with Crippen molar-refractivity contribution in [1.29, 1.82) is 0 Å². The molecule has 0 aliphatic heterocycles. The van der Waals surface area contributed by atoms with Crippen LogP contribution in [0, 0.1) is 27.7 Å². The zero-order chi connectivity index (χ0) is 76.5. The number of alkyl halides is 4. The van der Waals surface area contributed by atoms with Gasteiger partial charge in [-0.25, -0.2) is 0 Å². The van der Waals surface area contributed by atoms with Gasteiger partial charge in [0.25, 0.3) is 0 Å².